The number of anilines is 3. The van der Waals surface area contributed by atoms with Crippen LogP contribution in [0.4, 0.5) is 17.1 Å². The van der Waals surface area contributed by atoms with Crippen LogP contribution in [0.2, 0.25) is 20.1 Å². The normalized spacial score (nSPS) is 11.0. The third-order valence-electron chi connectivity index (χ3n) is 12.0. The zero-order valence-electron chi connectivity index (χ0n) is 39.2. The van der Waals surface area contributed by atoms with E-state index in [4.69, 9.17) is 62.1 Å². The molecule has 0 saturated heterocycles. The molecule has 0 saturated carbocycles. The maximum atomic E-state index is 6.45. The Morgan fingerprint density at radius 2 is 0.928 bits per heavy atom. The third-order valence-corrected chi connectivity index (χ3v) is 14.4. The maximum Gasteiger partial charge on any atom is 0.145 e. The molecule has 0 amide bonds. The van der Waals surface area contributed by atoms with Gasteiger partial charge >= 0.3 is 0 Å². The number of hydrogen-bond acceptors (Lipinski definition) is 4. The molecule has 0 bridgehead atoms. The van der Waals surface area contributed by atoms with E-state index >= 15 is 0 Å². The second kappa shape index (κ2) is 21.7. The first kappa shape index (κ1) is 49.4. The van der Waals surface area contributed by atoms with E-state index in [2.05, 4.69) is 157 Å². The third kappa shape index (κ3) is 10.7. The van der Waals surface area contributed by atoms with Gasteiger partial charge in [-0.2, -0.15) is 0 Å². The van der Waals surface area contributed by atoms with Crippen LogP contribution in [-0.2, 0) is 12.8 Å². The minimum atomic E-state index is 0.528. The predicted molar refractivity (Wildman–Crippen MR) is 299 cm³/mol. The van der Waals surface area contributed by atoms with E-state index < -0.39 is 0 Å². The summed E-state index contributed by atoms with van der Waals surface area (Å²) in [5.74, 6) is 1.85. The lowest BCUT2D eigenvalue weighted by molar-refractivity contribution is 1.06. The number of nitrogens with one attached hydrogen (secondary N) is 1. The van der Waals surface area contributed by atoms with Gasteiger partial charge in [-0.15, -0.1) is 0 Å². The van der Waals surface area contributed by atoms with Crippen LogP contribution in [0, 0.1) is 27.7 Å². The van der Waals surface area contributed by atoms with Crippen LogP contribution in [0.1, 0.15) is 47.2 Å². The van der Waals surface area contributed by atoms with Crippen molar-refractivity contribution < 1.29 is 0 Å². The number of benzene rings is 8. The van der Waals surface area contributed by atoms with Gasteiger partial charge in [-0.3, -0.25) is 9.13 Å². The molecule has 0 atom stereocenters. The van der Waals surface area contributed by atoms with Crippen LogP contribution < -0.4 is 11.1 Å². The molecule has 8 aromatic carbocycles. The average molecular weight is 1050 g/mol. The van der Waals surface area contributed by atoms with E-state index in [1.165, 1.54) is 39.2 Å². The van der Waals surface area contributed by atoms with Crippen molar-refractivity contribution in [3.63, 3.8) is 0 Å². The highest BCUT2D eigenvalue weighted by molar-refractivity contribution is 9.10. The molecule has 0 spiro atoms. The van der Waals surface area contributed by atoms with E-state index in [-0.39, 0.29) is 0 Å². The smallest absolute Gasteiger partial charge is 0.145 e. The number of nitrogen functional groups attached to an aromatic ring is 1. The van der Waals surface area contributed by atoms with E-state index in [1.807, 2.05) is 72.8 Å². The Kier molecular flexibility index (Phi) is 15.5. The van der Waals surface area contributed by atoms with Crippen LogP contribution in [0.25, 0.3) is 56.2 Å². The number of aryl methyl sites for hydroxylation is 6. The molecule has 10 rings (SSSR count). The summed E-state index contributed by atoms with van der Waals surface area (Å²) in [7, 11) is 0. The van der Waals surface area contributed by atoms with Gasteiger partial charge < -0.3 is 11.1 Å². The largest absolute Gasteiger partial charge is 0.399 e. The second-order valence-corrected chi connectivity index (χ2v) is 19.3. The summed E-state index contributed by atoms with van der Waals surface area (Å²) in [4.78, 5) is 9.90. The van der Waals surface area contributed by atoms with Gasteiger partial charge in [-0.1, -0.05) is 121 Å². The highest BCUT2D eigenvalue weighted by Crippen LogP contribution is 2.37. The molecule has 6 nitrogen and oxygen atoms in total. The number of imidazole rings is 2. The Hall–Kier alpha value is -6.06. The van der Waals surface area contributed by atoms with Crippen molar-refractivity contribution in [3.05, 3.63) is 216 Å². The monoisotopic (exact) mass is 1050 g/mol. The quantitative estimate of drug-likeness (QED) is 0.117. The molecule has 0 fully saturated rings. The molecule has 2 aromatic heterocycles. The van der Waals surface area contributed by atoms with Gasteiger partial charge in [0.25, 0.3) is 0 Å². The van der Waals surface area contributed by atoms with Gasteiger partial charge in [-0.25, -0.2) is 9.97 Å². The summed E-state index contributed by atoms with van der Waals surface area (Å²) >= 11 is 27.8. The van der Waals surface area contributed by atoms with Gasteiger partial charge in [0, 0.05) is 27.0 Å². The first-order valence-electron chi connectivity index (χ1n) is 22.7. The van der Waals surface area contributed by atoms with E-state index in [0.29, 0.717) is 20.1 Å². The number of nitrogens with zero attached hydrogens (tertiary/aromatic N) is 4. The topological polar surface area (TPSA) is 73.7 Å². The number of halogens is 5. The number of aromatic nitrogens is 4. The summed E-state index contributed by atoms with van der Waals surface area (Å²) in [5.41, 5.74) is 24.2. The van der Waals surface area contributed by atoms with Crippen molar-refractivity contribution in [2.24, 2.45) is 0 Å². The van der Waals surface area contributed by atoms with Crippen molar-refractivity contribution in [2.75, 3.05) is 11.1 Å². The molecule has 3 N–H and O–H groups in total. The summed E-state index contributed by atoms with van der Waals surface area (Å²) in [6.45, 7) is 12.8. The highest BCUT2D eigenvalue weighted by Gasteiger charge is 2.19. The molecule has 0 aliphatic heterocycles. The van der Waals surface area contributed by atoms with Gasteiger partial charge in [0.15, 0.2) is 0 Å². The standard InChI is InChI=1S/C29H25Cl2N3.C21H19N3.C8H7BrCl2/c1-4-20-16-23(30)27(31)25(17-20)32-22-14-12-21(13-15-22)29-33-24-10-5-6-11-26(24)34(29)28-18(2)8-7-9-19(28)3;1-14-6-5-7-15(2)20(14)24-19-9-4-3-8-18(19)23-21(24)16-10-12-17(22)13-11-16;1-2-5-3-6(9)8(11)7(10)4-5/h5-17,32H,4H2,1-3H3;3-13H,22H2,1-2H3;3-4H,2H2,1H3. The van der Waals surface area contributed by atoms with Gasteiger partial charge in [0.2, 0.25) is 0 Å². The van der Waals surface area contributed by atoms with E-state index in [1.54, 1.807) is 0 Å². The van der Waals surface area contributed by atoms with Crippen LogP contribution >= 0.6 is 62.3 Å². The van der Waals surface area contributed by atoms with Crippen molar-refractivity contribution in [2.45, 2.75) is 54.4 Å². The predicted octanol–water partition coefficient (Wildman–Crippen LogP) is 18.1. The first-order chi connectivity index (χ1) is 33.3. The number of rotatable bonds is 8. The molecule has 2 heterocycles. The minimum Gasteiger partial charge on any atom is -0.399 e. The van der Waals surface area contributed by atoms with Crippen molar-refractivity contribution in [1.29, 1.82) is 0 Å². The van der Waals surface area contributed by atoms with Crippen LogP contribution in [-0.4, -0.2) is 19.1 Å². The molecule has 0 aliphatic rings. The van der Waals surface area contributed by atoms with Crippen molar-refractivity contribution in [1.82, 2.24) is 19.1 Å². The molecule has 0 radical (unpaired) electrons. The van der Waals surface area contributed by atoms with Crippen molar-refractivity contribution in [3.8, 4) is 34.2 Å². The lowest BCUT2D eigenvalue weighted by atomic mass is 10.1. The Balaban J connectivity index is 0.000000158. The molecule has 0 aliphatic carbocycles. The number of fused-ring (bicyclic) bond motifs is 2. The fraction of sp³-hybridized carbons (Fsp3) is 0.138. The van der Waals surface area contributed by atoms with E-state index in [9.17, 15) is 0 Å². The average Bonchev–Trinajstić information content (AvgIpc) is 3.92. The fourth-order valence-corrected chi connectivity index (χ4v) is 9.82. The second-order valence-electron chi connectivity index (χ2n) is 16.8. The van der Waals surface area contributed by atoms with Gasteiger partial charge in [0.05, 0.1) is 59.2 Å². The fourth-order valence-electron chi connectivity index (χ4n) is 8.45. The summed E-state index contributed by atoms with van der Waals surface area (Å²) in [5, 5.41) is 5.70. The molecular weight excluding hydrogens is 1000 g/mol. The van der Waals surface area contributed by atoms with Gasteiger partial charge in [0.1, 0.15) is 11.6 Å². The maximum absolute atomic E-state index is 6.45. The minimum absolute atomic E-state index is 0.528. The van der Waals surface area contributed by atoms with Crippen molar-refractivity contribution >= 4 is 101 Å². The Bertz CT molecular complexity index is 3390. The molecule has 10 aromatic rings. The highest BCUT2D eigenvalue weighted by atomic mass is 79.9. The Morgan fingerprint density at radius 3 is 1.38 bits per heavy atom. The SMILES string of the molecule is CCc1cc(Cl)c(Cl)c(Br)c1.CCc1cc(Cl)c(Cl)c(Nc2ccc(-c3nc4ccccc4n3-c3c(C)cccc3C)cc2)c1.Cc1cccc(C)c1-n1c(-c2ccc(N)cc2)nc2ccccc21. The van der Waals surface area contributed by atoms with Crippen LogP contribution in [0.5, 0.6) is 0 Å². The lowest BCUT2D eigenvalue weighted by Gasteiger charge is -2.16. The van der Waals surface area contributed by atoms with E-state index in [0.717, 1.165) is 84.8 Å². The summed E-state index contributed by atoms with van der Waals surface area (Å²) < 4.78 is 5.39. The van der Waals surface area contributed by atoms with Gasteiger partial charge in [-0.05, 0) is 187 Å². The van der Waals surface area contributed by atoms with Crippen LogP contribution in [0.15, 0.2) is 162 Å². The Labute approximate surface area is 432 Å². The summed E-state index contributed by atoms with van der Waals surface area (Å²) in [6, 6.07) is 53.3. The number of para-hydroxylation sites is 6. The molecule has 69 heavy (non-hydrogen) atoms. The lowest BCUT2D eigenvalue weighted by Crippen LogP contribution is -2.02. The first-order valence-corrected chi connectivity index (χ1v) is 25.0. The zero-order valence-corrected chi connectivity index (χ0v) is 43.8. The number of nitrogens with two attached hydrogens (primary N) is 1. The molecule has 11 heteroatoms. The molecule has 0 unspecified atom stereocenters. The Morgan fingerprint density at radius 1 is 0.507 bits per heavy atom. The number of hydrogen-bond donors (Lipinski definition) is 2. The van der Waals surface area contributed by atoms with Crippen LogP contribution in [0.3, 0.4) is 0 Å². The molecule has 348 valence electrons. The molecular formula is C58H51BrCl4N6. The summed E-state index contributed by atoms with van der Waals surface area (Å²) in [6.07, 6.45) is 1.86. The zero-order chi connectivity index (χ0) is 48.9.